The Morgan fingerprint density at radius 1 is 1.42 bits per heavy atom. The lowest BCUT2D eigenvalue weighted by Crippen LogP contribution is -2.62. The van der Waals surface area contributed by atoms with E-state index in [1.807, 2.05) is 20.8 Å². The summed E-state index contributed by atoms with van der Waals surface area (Å²) in [6.07, 6.45) is 1.69. The van der Waals surface area contributed by atoms with Gasteiger partial charge in [-0.05, 0) is 41.5 Å². The monoisotopic (exact) mass is 358 g/mol. The summed E-state index contributed by atoms with van der Waals surface area (Å²) in [6, 6.07) is 0. The fourth-order valence-corrected chi connectivity index (χ4v) is 2.70. The Hall–Kier alpha value is -1.16. The number of esters is 1. The van der Waals surface area contributed by atoms with Gasteiger partial charge in [0, 0.05) is 11.4 Å². The molecule has 1 saturated heterocycles. The lowest BCUT2D eigenvalue weighted by molar-refractivity contribution is -0.157. The highest BCUT2D eigenvalue weighted by atomic mass is 32.2. The zero-order valence-corrected chi connectivity index (χ0v) is 15.9. The van der Waals surface area contributed by atoms with Crippen LogP contribution in [-0.2, 0) is 37.9 Å². The fraction of sp³-hybridized carbons (Fsp3) is 0.800. The normalized spacial score (nSPS) is 18.8. The van der Waals surface area contributed by atoms with E-state index >= 15 is 0 Å². The van der Waals surface area contributed by atoms with Crippen LogP contribution in [0.5, 0.6) is 0 Å². The van der Waals surface area contributed by atoms with Crippen molar-refractivity contribution >= 4 is 17.3 Å². The molecule has 1 atom stereocenters. The van der Waals surface area contributed by atoms with Crippen LogP contribution in [0, 0.1) is 5.41 Å². The first-order valence-electron chi connectivity index (χ1n) is 7.79. The van der Waals surface area contributed by atoms with Gasteiger partial charge in [-0.1, -0.05) is 5.21 Å². The Morgan fingerprint density at radius 2 is 2.04 bits per heavy atom. The number of rotatable bonds is 5. The van der Waals surface area contributed by atoms with Gasteiger partial charge in [-0.2, -0.15) is 0 Å². The molecule has 0 aliphatic carbocycles. The molecule has 1 N–H and O–H groups in total. The van der Waals surface area contributed by atoms with Crippen LogP contribution in [-0.4, -0.2) is 43.5 Å². The van der Waals surface area contributed by atoms with E-state index in [1.54, 1.807) is 27.0 Å². The highest BCUT2D eigenvalue weighted by Gasteiger charge is 2.48. The smallest absolute Gasteiger partial charge is 0.313 e. The molecule has 2 rings (SSSR count). The molecular weight excluding hydrogens is 332 g/mol. The third-order valence-electron chi connectivity index (χ3n) is 3.51. The molecule has 9 heteroatoms. The molecule has 0 saturated carbocycles. The summed E-state index contributed by atoms with van der Waals surface area (Å²) < 4.78 is 27.1. The largest absolute Gasteiger partial charge is 0.598 e. The van der Waals surface area contributed by atoms with Crippen molar-refractivity contribution in [1.82, 2.24) is 19.7 Å². The zero-order chi connectivity index (χ0) is 18.2. The first-order chi connectivity index (χ1) is 10.9. The third-order valence-corrected chi connectivity index (χ3v) is 5.20. The molecule has 0 unspecified atom stereocenters. The van der Waals surface area contributed by atoms with Crippen LogP contribution in [0.25, 0.3) is 0 Å². The van der Waals surface area contributed by atoms with E-state index < -0.39 is 27.1 Å². The average Bonchev–Trinajstić information content (AvgIpc) is 2.86. The van der Waals surface area contributed by atoms with Crippen LogP contribution >= 0.6 is 0 Å². The van der Waals surface area contributed by atoms with Crippen molar-refractivity contribution in [2.75, 3.05) is 13.2 Å². The highest BCUT2D eigenvalue weighted by molar-refractivity contribution is 7.90. The number of ether oxygens (including phenoxy) is 2. The fourth-order valence-electron chi connectivity index (χ4n) is 1.82. The maximum absolute atomic E-state index is 12.4. The van der Waals surface area contributed by atoms with Gasteiger partial charge in [-0.25, -0.2) is 4.68 Å². The summed E-state index contributed by atoms with van der Waals surface area (Å²) in [5, 5.41) is 8.11. The van der Waals surface area contributed by atoms with E-state index in [0.29, 0.717) is 18.9 Å². The molecule has 1 aliphatic heterocycles. The van der Waals surface area contributed by atoms with Crippen LogP contribution in [0.4, 0.5) is 0 Å². The van der Waals surface area contributed by atoms with E-state index in [0.717, 1.165) is 0 Å². The Kier molecular flexibility index (Phi) is 5.29. The molecule has 1 aliphatic rings. The van der Waals surface area contributed by atoms with Gasteiger partial charge in [0.05, 0.1) is 24.8 Å². The molecule has 0 amide bonds. The standard InChI is InChI=1S/C15H26N4O4S/c1-13(2,3)12(20)23-10-19-7-11(16-18-19)15(8-22-9-15)17-24(21)14(4,5)6/h7,17H,8-10H2,1-6H3/t24-/m0/s1. The van der Waals surface area contributed by atoms with Crippen molar-refractivity contribution in [2.45, 2.75) is 58.6 Å². The molecule has 1 aromatic heterocycles. The second kappa shape index (κ2) is 6.62. The van der Waals surface area contributed by atoms with Crippen LogP contribution in [0.2, 0.25) is 0 Å². The Balaban J connectivity index is 2.04. The third kappa shape index (κ3) is 4.27. The second-order valence-corrected chi connectivity index (χ2v) is 9.98. The van der Waals surface area contributed by atoms with Gasteiger partial charge in [0.25, 0.3) is 0 Å². The number of aromatic nitrogens is 3. The first-order valence-corrected chi connectivity index (χ1v) is 8.94. The van der Waals surface area contributed by atoms with Crippen molar-refractivity contribution in [2.24, 2.45) is 5.41 Å². The van der Waals surface area contributed by atoms with E-state index in [9.17, 15) is 9.35 Å². The molecule has 1 fully saturated rings. The lowest BCUT2D eigenvalue weighted by Gasteiger charge is -2.41. The second-order valence-electron chi connectivity index (χ2n) is 8.01. The summed E-state index contributed by atoms with van der Waals surface area (Å²) in [5.41, 5.74) is -0.569. The van der Waals surface area contributed by atoms with E-state index in [1.165, 1.54) is 4.68 Å². The number of hydrogen-bond donors (Lipinski definition) is 1. The van der Waals surface area contributed by atoms with E-state index in [-0.39, 0.29) is 12.7 Å². The van der Waals surface area contributed by atoms with Gasteiger partial charge in [0.15, 0.2) is 12.3 Å². The van der Waals surface area contributed by atoms with Gasteiger partial charge in [-0.15, -0.1) is 9.82 Å². The Labute approximate surface area is 145 Å². The molecule has 0 spiro atoms. The van der Waals surface area contributed by atoms with Crippen LogP contribution in [0.15, 0.2) is 6.20 Å². The molecule has 136 valence electrons. The minimum atomic E-state index is -1.26. The SMILES string of the molecule is CC(C)(C)C(=O)OCn1cc(C2(N[S@@+]([O-])C(C)(C)C)COC2)nn1. The number of hydrogen-bond acceptors (Lipinski definition) is 7. The zero-order valence-electron chi connectivity index (χ0n) is 15.1. The number of carbonyl (C=O) groups excluding carboxylic acids is 1. The predicted molar refractivity (Wildman–Crippen MR) is 89.1 cm³/mol. The Bertz CT molecular complexity index is 587. The summed E-state index contributed by atoms with van der Waals surface area (Å²) in [5.74, 6) is -0.312. The number of carbonyl (C=O) groups is 1. The lowest BCUT2D eigenvalue weighted by atomic mass is 9.95. The van der Waals surface area contributed by atoms with Gasteiger partial charge >= 0.3 is 5.97 Å². The van der Waals surface area contributed by atoms with Gasteiger partial charge in [0.2, 0.25) is 0 Å². The highest BCUT2D eigenvalue weighted by Crippen LogP contribution is 2.31. The van der Waals surface area contributed by atoms with Gasteiger partial charge in [-0.3, -0.25) is 4.79 Å². The van der Waals surface area contributed by atoms with Crippen molar-refractivity contribution in [3.05, 3.63) is 11.9 Å². The molecule has 0 radical (unpaired) electrons. The molecule has 0 aromatic carbocycles. The molecule has 8 nitrogen and oxygen atoms in total. The van der Waals surface area contributed by atoms with Gasteiger partial charge < -0.3 is 14.0 Å². The van der Waals surface area contributed by atoms with E-state index in [4.69, 9.17) is 9.47 Å². The molecule has 0 bridgehead atoms. The van der Waals surface area contributed by atoms with Crippen molar-refractivity contribution in [3.63, 3.8) is 0 Å². The minimum Gasteiger partial charge on any atom is -0.598 e. The number of nitrogens with one attached hydrogen (secondary N) is 1. The van der Waals surface area contributed by atoms with Crippen molar-refractivity contribution < 1.29 is 18.8 Å². The summed E-state index contributed by atoms with van der Waals surface area (Å²) >= 11 is -1.26. The van der Waals surface area contributed by atoms with Crippen LogP contribution < -0.4 is 4.72 Å². The maximum atomic E-state index is 12.4. The molecule has 2 heterocycles. The molecule has 1 aromatic rings. The molecule has 24 heavy (non-hydrogen) atoms. The number of nitrogens with zero attached hydrogens (tertiary/aromatic N) is 3. The Morgan fingerprint density at radius 3 is 2.50 bits per heavy atom. The van der Waals surface area contributed by atoms with Crippen LogP contribution in [0.1, 0.15) is 47.2 Å². The summed E-state index contributed by atoms with van der Waals surface area (Å²) in [6.45, 7) is 11.8. The van der Waals surface area contributed by atoms with Crippen LogP contribution in [0.3, 0.4) is 0 Å². The predicted octanol–water partition coefficient (Wildman–Crippen LogP) is 1.10. The summed E-state index contributed by atoms with van der Waals surface area (Å²) in [7, 11) is 0. The maximum Gasteiger partial charge on any atom is 0.313 e. The molecular formula is C15H26N4O4S. The van der Waals surface area contributed by atoms with Crippen molar-refractivity contribution in [3.8, 4) is 0 Å². The van der Waals surface area contributed by atoms with Gasteiger partial charge in [0.1, 0.15) is 10.4 Å². The quantitative estimate of drug-likeness (QED) is 0.621. The summed E-state index contributed by atoms with van der Waals surface area (Å²) in [4.78, 5) is 11.8. The van der Waals surface area contributed by atoms with Crippen molar-refractivity contribution in [1.29, 1.82) is 0 Å². The topological polar surface area (TPSA) is 101 Å². The first kappa shape index (κ1) is 19.2. The minimum absolute atomic E-state index is 0.0115. The van der Waals surface area contributed by atoms with E-state index in [2.05, 4.69) is 15.0 Å². The average molecular weight is 358 g/mol.